The third kappa shape index (κ3) is 11.2. The molecular formula is C8H15BCl4F4N2. The number of hydrogen-bond donors (Lipinski definition) is 0. The van der Waals surface area contributed by atoms with Gasteiger partial charge in [-0.2, -0.15) is 0 Å². The Hall–Kier alpha value is 0.865. The molecule has 0 saturated carbocycles. The van der Waals surface area contributed by atoms with Gasteiger partial charge in [0.15, 0.2) is 10.3 Å². The van der Waals surface area contributed by atoms with Crippen LogP contribution in [0.4, 0.5) is 17.3 Å². The highest BCUT2D eigenvalue weighted by atomic mass is 35.6. The predicted molar refractivity (Wildman–Crippen MR) is 73.6 cm³/mol. The fourth-order valence-electron chi connectivity index (χ4n) is 1.91. The number of fused-ring (bicyclic) bond motifs is 3. The summed E-state index contributed by atoms with van der Waals surface area (Å²) in [4.78, 5) is 2.53. The number of hydrogen-bond acceptors (Lipinski definition) is 1. The number of halogens is 8. The fourth-order valence-corrected chi connectivity index (χ4v) is 2.27. The summed E-state index contributed by atoms with van der Waals surface area (Å²) in [6, 6.07) is 0.827. The molecule has 0 amide bonds. The van der Waals surface area contributed by atoms with Gasteiger partial charge in [0.25, 0.3) is 0 Å². The first-order chi connectivity index (χ1) is 8.85. The molecule has 0 aromatic heterocycles. The number of piperazine rings is 3. The van der Waals surface area contributed by atoms with Crippen molar-refractivity contribution in [1.82, 2.24) is 4.90 Å². The zero-order valence-electron chi connectivity index (χ0n) is 10.9. The zero-order chi connectivity index (χ0) is 16.0. The van der Waals surface area contributed by atoms with Crippen LogP contribution in [0.2, 0.25) is 0 Å². The summed E-state index contributed by atoms with van der Waals surface area (Å²) >= 11 is 20.1. The second-order valence-electron chi connectivity index (χ2n) is 4.18. The van der Waals surface area contributed by atoms with Crippen molar-refractivity contribution in [2.45, 2.75) is 4.27 Å². The number of alkyl halides is 4. The lowest BCUT2D eigenvalue weighted by Gasteiger charge is -2.49. The molecule has 0 aromatic rings. The van der Waals surface area contributed by atoms with Crippen LogP contribution < -0.4 is 0 Å². The van der Waals surface area contributed by atoms with Gasteiger partial charge in [0.1, 0.15) is 0 Å². The monoisotopic (exact) mass is 367 g/mol. The molecule has 0 unspecified atom stereocenters. The summed E-state index contributed by atoms with van der Waals surface area (Å²) in [5.74, 6) is 0. The van der Waals surface area contributed by atoms with Crippen molar-refractivity contribution < 1.29 is 23.1 Å². The Balaban J connectivity index is 0.000000310. The van der Waals surface area contributed by atoms with E-state index in [1.807, 2.05) is 0 Å². The summed E-state index contributed by atoms with van der Waals surface area (Å²) in [6.45, 7) is 7.66. The van der Waals surface area contributed by atoms with Crippen LogP contribution in [-0.4, -0.2) is 66.2 Å². The van der Waals surface area contributed by atoms with Crippen molar-refractivity contribution in [3.05, 3.63) is 0 Å². The van der Waals surface area contributed by atoms with Crippen LogP contribution in [0.1, 0.15) is 1.37 Å². The molecule has 0 aliphatic carbocycles. The van der Waals surface area contributed by atoms with Crippen molar-refractivity contribution in [2.24, 2.45) is 0 Å². The van der Waals surface area contributed by atoms with E-state index in [4.69, 9.17) is 47.8 Å². The van der Waals surface area contributed by atoms with Crippen LogP contribution in [0, 0.1) is 0 Å². The highest BCUT2D eigenvalue weighted by Gasteiger charge is 2.37. The highest BCUT2D eigenvalue weighted by Crippen LogP contribution is 2.19. The van der Waals surface area contributed by atoms with Gasteiger partial charge in [-0.1, -0.05) is 46.4 Å². The summed E-state index contributed by atoms with van der Waals surface area (Å²) in [5, 5.41) is 0. The van der Waals surface area contributed by atoms with Gasteiger partial charge in [0.05, 0.1) is 21.0 Å². The number of rotatable bonds is 1. The first-order valence-corrected chi connectivity index (χ1v) is 7.09. The molecule has 0 spiro atoms. The SMILES string of the molecule is ClC[N+]12CCN(CC1)CC2.F[B-](F)(F)F.[2H]C(Cl)(Cl)Cl. The van der Waals surface area contributed by atoms with Gasteiger partial charge in [-0.3, -0.25) is 4.90 Å². The quantitative estimate of drug-likeness (QED) is 0.225. The van der Waals surface area contributed by atoms with Crippen molar-refractivity contribution in [1.29, 1.82) is 0 Å². The molecule has 116 valence electrons. The molecule has 3 aliphatic rings. The Bertz CT molecular complexity index is 247. The fraction of sp³-hybridized carbons (Fsp3) is 1.00. The summed E-state index contributed by atoms with van der Waals surface area (Å²) < 4.78 is 44.6. The topological polar surface area (TPSA) is 3.24 Å². The highest BCUT2D eigenvalue weighted by molar-refractivity contribution is 6.63. The standard InChI is InChI=1S/C7H14ClN2.CHCl3.BF4/c8-7-10-4-1-9(2-5-10)3-6-10;2-1(3)4;2-1(3,4)5/h1-7H2;1H;/q+1;;-1/i;1D;. The molecule has 3 aliphatic heterocycles. The molecule has 0 atom stereocenters. The smallest absolute Gasteiger partial charge is 0.418 e. The third-order valence-electron chi connectivity index (χ3n) is 2.93. The Morgan fingerprint density at radius 2 is 1.32 bits per heavy atom. The van der Waals surface area contributed by atoms with Gasteiger partial charge < -0.3 is 21.7 Å². The summed E-state index contributed by atoms with van der Waals surface area (Å²) in [7, 11) is -6.00. The lowest BCUT2D eigenvalue weighted by molar-refractivity contribution is -0.930. The minimum Gasteiger partial charge on any atom is -0.418 e. The maximum absolute atomic E-state index is 9.75. The third-order valence-corrected chi connectivity index (χ3v) is 3.43. The predicted octanol–water partition coefficient (Wildman–Crippen LogP) is 3.62. The number of quaternary nitrogens is 1. The molecule has 2 nitrogen and oxygen atoms in total. The second kappa shape index (κ2) is 9.00. The normalized spacial score (nSPS) is 30.5. The minimum atomic E-state index is -6.00. The van der Waals surface area contributed by atoms with Gasteiger partial charge in [-0.05, 0) is 0 Å². The van der Waals surface area contributed by atoms with E-state index in [2.05, 4.69) is 4.90 Å². The van der Waals surface area contributed by atoms with Crippen molar-refractivity contribution >= 4 is 53.7 Å². The molecule has 3 heterocycles. The van der Waals surface area contributed by atoms with Gasteiger partial charge >= 0.3 is 7.25 Å². The molecule has 11 heteroatoms. The van der Waals surface area contributed by atoms with E-state index in [1.54, 1.807) is 0 Å². The Kier molecular flexibility index (Phi) is 8.49. The molecule has 3 saturated heterocycles. The van der Waals surface area contributed by atoms with E-state index < -0.39 is 11.5 Å². The van der Waals surface area contributed by atoms with Gasteiger partial charge in [-0.15, -0.1) is 0 Å². The van der Waals surface area contributed by atoms with Crippen molar-refractivity contribution in [2.75, 3.05) is 45.3 Å². The summed E-state index contributed by atoms with van der Waals surface area (Å²) in [6.07, 6.45) is 0. The van der Waals surface area contributed by atoms with Crippen LogP contribution in [-0.2, 0) is 0 Å². The van der Waals surface area contributed by atoms with Crippen LogP contribution in [0.15, 0.2) is 0 Å². The van der Waals surface area contributed by atoms with Gasteiger partial charge in [0.2, 0.25) is 0 Å². The van der Waals surface area contributed by atoms with E-state index in [0.29, 0.717) is 0 Å². The van der Waals surface area contributed by atoms with Gasteiger partial charge in [0, 0.05) is 19.6 Å². The van der Waals surface area contributed by atoms with Crippen molar-refractivity contribution in [3.63, 3.8) is 0 Å². The van der Waals surface area contributed by atoms with Crippen LogP contribution >= 0.6 is 46.4 Å². The average Bonchev–Trinajstić information content (AvgIpc) is 2.27. The average molecular weight is 369 g/mol. The first kappa shape index (κ1) is 17.9. The molecule has 0 N–H and O–H groups in total. The molecular weight excluding hydrogens is 353 g/mol. The Morgan fingerprint density at radius 1 is 1.05 bits per heavy atom. The van der Waals surface area contributed by atoms with Crippen LogP contribution in [0.25, 0.3) is 0 Å². The van der Waals surface area contributed by atoms with Crippen molar-refractivity contribution in [3.8, 4) is 0 Å². The van der Waals surface area contributed by atoms with E-state index in [0.717, 1.165) is 6.00 Å². The first-order valence-electron chi connectivity index (χ1n) is 5.92. The maximum Gasteiger partial charge on any atom is 0.673 e. The molecule has 2 bridgehead atoms. The Morgan fingerprint density at radius 3 is 1.47 bits per heavy atom. The van der Waals surface area contributed by atoms with E-state index in [1.165, 1.54) is 43.8 Å². The molecule has 3 rings (SSSR count). The van der Waals surface area contributed by atoms with Crippen LogP contribution in [0.5, 0.6) is 0 Å². The largest absolute Gasteiger partial charge is 0.673 e. The molecule has 0 radical (unpaired) electrons. The van der Waals surface area contributed by atoms with Gasteiger partial charge in [-0.25, -0.2) is 0 Å². The minimum absolute atomic E-state index is 0.827. The molecule has 0 aromatic carbocycles. The van der Waals surface area contributed by atoms with E-state index in [-0.39, 0.29) is 0 Å². The van der Waals surface area contributed by atoms with E-state index in [9.17, 15) is 17.3 Å². The lowest BCUT2D eigenvalue weighted by Crippen LogP contribution is -2.66. The molecule has 3 fully saturated rings. The summed E-state index contributed by atoms with van der Waals surface area (Å²) in [5.41, 5.74) is 0. The zero-order valence-corrected chi connectivity index (χ0v) is 13.0. The van der Waals surface area contributed by atoms with E-state index >= 15 is 0 Å². The lowest BCUT2D eigenvalue weighted by atomic mass is 10.2. The molecule has 19 heavy (non-hydrogen) atoms. The maximum atomic E-state index is 9.75. The van der Waals surface area contributed by atoms with Crippen LogP contribution in [0.3, 0.4) is 0 Å². The number of nitrogens with zero attached hydrogens (tertiary/aromatic N) is 2. The Labute approximate surface area is 131 Å². The second-order valence-corrected chi connectivity index (χ2v) is 6.14.